The van der Waals surface area contributed by atoms with Gasteiger partial charge >= 0.3 is 0 Å². The number of hydrogen-bond donors (Lipinski definition) is 0. The van der Waals surface area contributed by atoms with E-state index in [1.54, 1.807) is 7.11 Å². The summed E-state index contributed by atoms with van der Waals surface area (Å²) in [6, 6.07) is 5.56. The van der Waals surface area contributed by atoms with Crippen molar-refractivity contribution in [1.29, 1.82) is 0 Å². The van der Waals surface area contributed by atoms with E-state index in [-0.39, 0.29) is 29.8 Å². The van der Waals surface area contributed by atoms with E-state index in [0.29, 0.717) is 12.8 Å². The molecule has 0 saturated heterocycles. The Bertz CT molecular complexity index is 663. The maximum atomic E-state index is 13.0. The molecule has 0 bridgehead atoms. The molecule has 1 saturated carbocycles. The summed E-state index contributed by atoms with van der Waals surface area (Å²) in [7, 11) is 1.62. The predicted molar refractivity (Wildman–Crippen MR) is 85.7 cm³/mol. The Labute approximate surface area is 136 Å². The van der Waals surface area contributed by atoms with Crippen LogP contribution in [-0.2, 0) is 16.0 Å². The van der Waals surface area contributed by atoms with Gasteiger partial charge in [0.05, 0.1) is 7.11 Å². The van der Waals surface area contributed by atoms with Gasteiger partial charge in [-0.15, -0.1) is 0 Å². The molecular formula is C19H22O4. The highest BCUT2D eigenvalue weighted by Crippen LogP contribution is 2.49. The zero-order valence-corrected chi connectivity index (χ0v) is 13.6. The highest BCUT2D eigenvalue weighted by molar-refractivity contribution is 6.01. The number of fused-ring (bicyclic) bond motifs is 1. The van der Waals surface area contributed by atoms with Crippen LogP contribution in [0, 0.1) is 17.3 Å². The summed E-state index contributed by atoms with van der Waals surface area (Å²) >= 11 is 0. The Hall–Kier alpha value is -1.97. The summed E-state index contributed by atoms with van der Waals surface area (Å²) in [4.78, 5) is 36.3. The van der Waals surface area contributed by atoms with Crippen molar-refractivity contribution in [3.63, 3.8) is 0 Å². The molecule has 0 amide bonds. The number of benzene rings is 1. The molecule has 0 radical (unpaired) electrons. The summed E-state index contributed by atoms with van der Waals surface area (Å²) in [5.74, 6) is 0.820. The molecule has 3 atom stereocenters. The zero-order chi connectivity index (χ0) is 16.6. The molecule has 4 heteroatoms. The third kappa shape index (κ3) is 2.50. The Morgan fingerprint density at radius 1 is 1.26 bits per heavy atom. The van der Waals surface area contributed by atoms with Crippen molar-refractivity contribution < 1.29 is 19.1 Å². The number of methoxy groups -OCH3 is 1. The molecule has 0 aromatic heterocycles. The van der Waals surface area contributed by atoms with Gasteiger partial charge in [-0.3, -0.25) is 9.59 Å². The molecule has 1 aromatic rings. The van der Waals surface area contributed by atoms with E-state index >= 15 is 0 Å². The van der Waals surface area contributed by atoms with E-state index in [9.17, 15) is 14.4 Å². The minimum absolute atomic E-state index is 0.0250. The van der Waals surface area contributed by atoms with Crippen LogP contribution in [0.4, 0.5) is 0 Å². The largest absolute Gasteiger partial charge is 0.497 e. The fourth-order valence-corrected chi connectivity index (χ4v) is 4.35. The first kappa shape index (κ1) is 15.9. The summed E-state index contributed by atoms with van der Waals surface area (Å²) in [6.45, 7) is 1.86. The molecule has 2 aliphatic rings. The Balaban J connectivity index is 1.91. The van der Waals surface area contributed by atoms with Crippen molar-refractivity contribution >= 4 is 17.9 Å². The first-order chi connectivity index (χ1) is 11.0. The van der Waals surface area contributed by atoms with Gasteiger partial charge in [0.25, 0.3) is 0 Å². The maximum Gasteiger partial charge on any atom is 0.166 e. The lowest BCUT2D eigenvalue weighted by molar-refractivity contribution is -0.129. The van der Waals surface area contributed by atoms with Crippen LogP contribution >= 0.6 is 0 Å². The molecule has 0 N–H and O–H groups in total. The summed E-state index contributed by atoms with van der Waals surface area (Å²) in [6.07, 6.45) is 3.79. The summed E-state index contributed by atoms with van der Waals surface area (Å²) < 4.78 is 5.23. The van der Waals surface area contributed by atoms with Gasteiger partial charge in [0.15, 0.2) is 5.78 Å². The minimum atomic E-state index is -0.675. The average molecular weight is 314 g/mol. The van der Waals surface area contributed by atoms with Gasteiger partial charge in [-0.1, -0.05) is 6.92 Å². The number of aryl methyl sites for hydroxylation is 1. The number of carbonyl (C=O) groups is 3. The molecule has 0 heterocycles. The third-order valence-electron chi connectivity index (χ3n) is 5.77. The third-order valence-corrected chi connectivity index (χ3v) is 5.77. The van der Waals surface area contributed by atoms with Crippen LogP contribution in [0.5, 0.6) is 5.75 Å². The van der Waals surface area contributed by atoms with Crippen molar-refractivity contribution in [3.05, 3.63) is 29.3 Å². The number of ether oxygens (including phenoxy) is 1. The first-order valence-electron chi connectivity index (χ1n) is 8.19. The highest BCUT2D eigenvalue weighted by atomic mass is 16.5. The summed E-state index contributed by atoms with van der Waals surface area (Å²) in [5, 5.41) is 0. The van der Waals surface area contributed by atoms with Crippen LogP contribution in [0.25, 0.3) is 0 Å². The lowest BCUT2D eigenvalue weighted by Gasteiger charge is -2.36. The Morgan fingerprint density at radius 2 is 2.04 bits per heavy atom. The molecule has 1 fully saturated rings. The zero-order valence-electron chi connectivity index (χ0n) is 13.6. The molecule has 2 aliphatic carbocycles. The van der Waals surface area contributed by atoms with Gasteiger partial charge in [-0.25, -0.2) is 0 Å². The smallest absolute Gasteiger partial charge is 0.166 e. The predicted octanol–water partition coefficient (Wildman–Crippen LogP) is 3.01. The number of aldehydes is 1. The Kier molecular flexibility index (Phi) is 4.09. The van der Waals surface area contributed by atoms with E-state index in [1.165, 1.54) is 0 Å². The van der Waals surface area contributed by atoms with Crippen LogP contribution in [0.15, 0.2) is 18.2 Å². The highest BCUT2D eigenvalue weighted by Gasteiger charge is 2.51. The average Bonchev–Trinajstić information content (AvgIpc) is 2.83. The maximum absolute atomic E-state index is 13.0. The fraction of sp³-hybridized carbons (Fsp3) is 0.526. The lowest BCUT2D eigenvalue weighted by atomic mass is 9.65. The summed E-state index contributed by atoms with van der Waals surface area (Å²) in [5.41, 5.74) is 1.09. The molecule has 4 nitrogen and oxygen atoms in total. The molecule has 1 unspecified atom stereocenters. The van der Waals surface area contributed by atoms with Gasteiger partial charge in [-0.05, 0) is 48.9 Å². The molecule has 1 aromatic carbocycles. The van der Waals surface area contributed by atoms with E-state index in [1.807, 2.05) is 25.1 Å². The monoisotopic (exact) mass is 314 g/mol. The topological polar surface area (TPSA) is 60.4 Å². The lowest BCUT2D eigenvalue weighted by Crippen LogP contribution is -2.39. The molecule has 122 valence electrons. The fourth-order valence-electron chi connectivity index (χ4n) is 4.35. The van der Waals surface area contributed by atoms with E-state index < -0.39 is 5.41 Å². The van der Waals surface area contributed by atoms with Crippen molar-refractivity contribution in [2.24, 2.45) is 17.3 Å². The van der Waals surface area contributed by atoms with Gasteiger partial charge in [0, 0.05) is 29.7 Å². The number of carbonyl (C=O) groups excluding carboxylic acids is 3. The van der Waals surface area contributed by atoms with Crippen molar-refractivity contribution in [2.75, 3.05) is 7.11 Å². The second-order valence-electron chi connectivity index (χ2n) is 6.89. The molecular weight excluding hydrogens is 292 g/mol. The van der Waals surface area contributed by atoms with Gasteiger partial charge in [0.1, 0.15) is 17.8 Å². The minimum Gasteiger partial charge on any atom is -0.497 e. The molecule has 0 spiro atoms. The van der Waals surface area contributed by atoms with Crippen LogP contribution in [0.3, 0.4) is 0 Å². The van der Waals surface area contributed by atoms with Crippen molar-refractivity contribution in [3.8, 4) is 5.75 Å². The quantitative estimate of drug-likeness (QED) is 0.802. The SMILES string of the molecule is COc1ccc2c(c1)CCC([C@@H]1CCC(=O)[C@@]1(C)CC=O)C2=O. The molecule has 0 aliphatic heterocycles. The number of hydrogen-bond acceptors (Lipinski definition) is 4. The molecule has 3 rings (SSSR count). The number of rotatable bonds is 4. The van der Waals surface area contributed by atoms with Crippen LogP contribution in [0.1, 0.15) is 48.5 Å². The second kappa shape index (κ2) is 5.91. The number of Topliss-reactive ketones (excluding diaryl/α,β-unsaturated/α-hetero) is 2. The Morgan fingerprint density at radius 3 is 2.74 bits per heavy atom. The van der Waals surface area contributed by atoms with Crippen LogP contribution < -0.4 is 4.74 Å². The van der Waals surface area contributed by atoms with Crippen molar-refractivity contribution in [2.45, 2.75) is 39.0 Å². The first-order valence-corrected chi connectivity index (χ1v) is 8.19. The van der Waals surface area contributed by atoms with Gasteiger partial charge in [0.2, 0.25) is 0 Å². The van der Waals surface area contributed by atoms with E-state index in [0.717, 1.165) is 36.0 Å². The second-order valence-corrected chi connectivity index (χ2v) is 6.89. The number of ketones is 2. The molecule has 23 heavy (non-hydrogen) atoms. The van der Waals surface area contributed by atoms with Crippen LogP contribution in [0.2, 0.25) is 0 Å². The van der Waals surface area contributed by atoms with Crippen molar-refractivity contribution in [1.82, 2.24) is 0 Å². The van der Waals surface area contributed by atoms with Gasteiger partial charge < -0.3 is 9.53 Å². The van der Waals surface area contributed by atoms with Gasteiger partial charge in [-0.2, -0.15) is 0 Å². The normalized spacial score (nSPS) is 30.2. The van der Waals surface area contributed by atoms with E-state index in [2.05, 4.69) is 0 Å². The standard InChI is InChI=1S/C19H22O4/c1-19(9-10-20)16(7-8-17(19)21)15-5-3-12-11-13(23-2)4-6-14(12)18(15)22/h4,6,10-11,15-16H,3,5,7-9H2,1-2H3/t15?,16-,19-/m0/s1. The van der Waals surface area contributed by atoms with E-state index in [4.69, 9.17) is 4.74 Å². The van der Waals surface area contributed by atoms with Crippen LogP contribution in [-0.4, -0.2) is 25.0 Å².